The minimum atomic E-state index is 0. The van der Waals surface area contributed by atoms with Crippen molar-refractivity contribution in [2.24, 2.45) is 0 Å². The summed E-state index contributed by atoms with van der Waals surface area (Å²) in [6.07, 6.45) is 21.5. The molecule has 0 radical (unpaired) electrons. The molecular weight excluding hydrogens is 392 g/mol. The molecular formula is C28H46Fe-6. The van der Waals surface area contributed by atoms with E-state index < -0.39 is 0 Å². The molecule has 0 aliphatic rings. The van der Waals surface area contributed by atoms with Gasteiger partial charge in [0.2, 0.25) is 0 Å². The van der Waals surface area contributed by atoms with Crippen molar-refractivity contribution < 1.29 is 17.1 Å². The molecule has 0 saturated carbocycles. The summed E-state index contributed by atoms with van der Waals surface area (Å²) in [5, 5.41) is 0. The molecule has 1 heteroatoms. The van der Waals surface area contributed by atoms with E-state index in [0.29, 0.717) is 0 Å². The SMILES string of the molecule is CCCCCCCCCCCCCCCC[c-]1ccc(C)c1C.[Fe].[cH-]1[cH-][cH-][cH-][cH-]1. The molecule has 29 heavy (non-hydrogen) atoms. The van der Waals surface area contributed by atoms with Crippen molar-refractivity contribution in [3.63, 3.8) is 0 Å². The molecule has 0 nitrogen and oxygen atoms in total. The fourth-order valence-electron chi connectivity index (χ4n) is 3.83. The third-order valence-electron chi connectivity index (χ3n) is 5.96. The first-order valence-electron chi connectivity index (χ1n) is 12.1. The summed E-state index contributed by atoms with van der Waals surface area (Å²) < 4.78 is 0. The zero-order valence-corrected chi connectivity index (χ0v) is 20.6. The standard InChI is InChI=1S/C23H41.C5H5.Fe/c1-4-5-6-7-8-9-10-11-12-13-14-15-16-17-18-23-20-19-21(2)22(23)3;1-2-4-5-3-1;/h19-20H,4-18H2,1-3H3;1-5H;/q-1;-5;. The molecule has 0 aliphatic carbocycles. The van der Waals surface area contributed by atoms with Crippen molar-refractivity contribution in [3.05, 3.63) is 59.2 Å². The molecule has 0 fully saturated rings. The molecule has 0 spiro atoms. The molecule has 2 aromatic rings. The van der Waals surface area contributed by atoms with Gasteiger partial charge >= 0.3 is 0 Å². The number of aryl methyl sites for hydroxylation is 2. The van der Waals surface area contributed by atoms with Crippen LogP contribution in [0, 0.1) is 13.8 Å². The molecule has 0 aliphatic heterocycles. The average molecular weight is 439 g/mol. The Bertz CT molecular complexity index is 517. The van der Waals surface area contributed by atoms with Crippen LogP contribution in [0.2, 0.25) is 0 Å². The van der Waals surface area contributed by atoms with E-state index in [4.69, 9.17) is 0 Å². The number of rotatable bonds is 15. The van der Waals surface area contributed by atoms with Crippen LogP contribution in [0.15, 0.2) is 42.5 Å². The summed E-state index contributed by atoms with van der Waals surface area (Å²) in [5.41, 5.74) is 4.58. The molecule has 0 bridgehead atoms. The van der Waals surface area contributed by atoms with Gasteiger partial charge in [0.25, 0.3) is 0 Å². The first-order valence-corrected chi connectivity index (χ1v) is 12.1. The summed E-state index contributed by atoms with van der Waals surface area (Å²) >= 11 is 0. The van der Waals surface area contributed by atoms with Crippen LogP contribution >= 0.6 is 0 Å². The van der Waals surface area contributed by atoms with Gasteiger partial charge < -0.3 is 30.3 Å². The molecule has 0 amide bonds. The van der Waals surface area contributed by atoms with Gasteiger partial charge in [0, 0.05) is 17.1 Å². The van der Waals surface area contributed by atoms with Crippen LogP contribution in [0.5, 0.6) is 0 Å². The second kappa shape index (κ2) is 20.5. The Morgan fingerprint density at radius 1 is 0.621 bits per heavy atom. The van der Waals surface area contributed by atoms with E-state index in [2.05, 4.69) is 32.9 Å². The summed E-state index contributed by atoms with van der Waals surface area (Å²) in [5.74, 6) is 0. The van der Waals surface area contributed by atoms with E-state index in [1.54, 1.807) is 5.56 Å². The maximum Gasteiger partial charge on any atom is 0 e. The van der Waals surface area contributed by atoms with Crippen LogP contribution in [0.1, 0.15) is 114 Å². The fourth-order valence-corrected chi connectivity index (χ4v) is 3.83. The Morgan fingerprint density at radius 2 is 1.00 bits per heavy atom. The van der Waals surface area contributed by atoms with Gasteiger partial charge in [-0.2, -0.15) is 22.8 Å². The van der Waals surface area contributed by atoms with E-state index in [1.807, 2.05) is 30.3 Å². The van der Waals surface area contributed by atoms with Crippen molar-refractivity contribution in [3.8, 4) is 0 Å². The van der Waals surface area contributed by atoms with Gasteiger partial charge in [-0.1, -0.05) is 117 Å². The van der Waals surface area contributed by atoms with E-state index >= 15 is 0 Å². The summed E-state index contributed by atoms with van der Waals surface area (Å²) in [7, 11) is 0. The van der Waals surface area contributed by atoms with Gasteiger partial charge in [0.1, 0.15) is 0 Å². The Labute approximate surface area is 193 Å². The van der Waals surface area contributed by atoms with Gasteiger partial charge in [0.05, 0.1) is 0 Å². The molecule has 2 aromatic carbocycles. The zero-order valence-electron chi connectivity index (χ0n) is 19.5. The van der Waals surface area contributed by atoms with Gasteiger partial charge in [-0.25, -0.2) is 6.07 Å². The first kappa shape index (κ1) is 28.2. The van der Waals surface area contributed by atoms with E-state index in [0.717, 1.165) is 0 Å². The molecule has 2 rings (SSSR count). The van der Waals surface area contributed by atoms with Crippen LogP contribution in [-0.2, 0) is 23.5 Å². The summed E-state index contributed by atoms with van der Waals surface area (Å²) in [6, 6.07) is 14.6. The quantitative estimate of drug-likeness (QED) is 0.148. The van der Waals surface area contributed by atoms with Crippen molar-refractivity contribution in [1.82, 2.24) is 0 Å². The van der Waals surface area contributed by atoms with Gasteiger partial charge in [0.15, 0.2) is 0 Å². The maximum absolute atomic E-state index is 2.33. The number of hydrogen-bond donors (Lipinski definition) is 0. The summed E-state index contributed by atoms with van der Waals surface area (Å²) in [6.45, 7) is 6.79. The smallest absolute Gasteiger partial charge is 0 e. The van der Waals surface area contributed by atoms with Crippen molar-refractivity contribution in [1.29, 1.82) is 0 Å². The van der Waals surface area contributed by atoms with Crippen molar-refractivity contribution in [2.75, 3.05) is 0 Å². The minimum absolute atomic E-state index is 0. The number of unbranched alkanes of at least 4 members (excludes halogenated alkanes) is 13. The average Bonchev–Trinajstić information content (AvgIpc) is 3.38. The van der Waals surface area contributed by atoms with Crippen LogP contribution < -0.4 is 0 Å². The molecule has 0 atom stereocenters. The van der Waals surface area contributed by atoms with Crippen LogP contribution in [-0.4, -0.2) is 0 Å². The molecule has 0 heterocycles. The van der Waals surface area contributed by atoms with Gasteiger partial charge in [-0.3, -0.25) is 0 Å². The topological polar surface area (TPSA) is 0 Å². The summed E-state index contributed by atoms with van der Waals surface area (Å²) in [4.78, 5) is 0. The number of hydrogen-bond acceptors (Lipinski definition) is 0. The molecule has 0 N–H and O–H groups in total. The minimum Gasteiger partial charge on any atom is -0.748 e. The van der Waals surface area contributed by atoms with Gasteiger partial charge in [-0.05, 0) is 0 Å². The normalized spacial score (nSPS) is 10.3. The second-order valence-electron chi connectivity index (χ2n) is 8.48. The monoisotopic (exact) mass is 438 g/mol. The molecule has 172 valence electrons. The molecule has 0 saturated heterocycles. The van der Waals surface area contributed by atoms with Crippen molar-refractivity contribution >= 4 is 0 Å². The van der Waals surface area contributed by atoms with Crippen LogP contribution in [0.4, 0.5) is 0 Å². The Hall–Kier alpha value is -0.781. The Balaban J connectivity index is 0.00000113. The van der Waals surface area contributed by atoms with E-state index in [9.17, 15) is 0 Å². The maximum atomic E-state index is 2.33. The van der Waals surface area contributed by atoms with E-state index in [-0.39, 0.29) is 17.1 Å². The third kappa shape index (κ3) is 15.7. The predicted octanol–water partition coefficient (Wildman–Crippen LogP) is 9.45. The van der Waals surface area contributed by atoms with E-state index in [1.165, 1.54) is 107 Å². The Morgan fingerprint density at radius 3 is 1.34 bits per heavy atom. The fraction of sp³-hybridized carbons (Fsp3) is 0.643. The van der Waals surface area contributed by atoms with Crippen molar-refractivity contribution in [2.45, 2.75) is 117 Å². The molecule has 0 unspecified atom stereocenters. The van der Waals surface area contributed by atoms with Crippen LogP contribution in [0.3, 0.4) is 0 Å². The zero-order chi connectivity index (χ0) is 20.3. The predicted molar refractivity (Wildman–Crippen MR) is 128 cm³/mol. The van der Waals surface area contributed by atoms with Gasteiger partial charge in [-0.15, -0.1) is 0 Å². The molecule has 0 aromatic heterocycles. The largest absolute Gasteiger partial charge is 0.748 e. The second-order valence-corrected chi connectivity index (χ2v) is 8.48. The van der Waals surface area contributed by atoms with Crippen LogP contribution in [0.25, 0.3) is 0 Å². The first-order chi connectivity index (χ1) is 13.8. The third-order valence-corrected chi connectivity index (χ3v) is 5.96. The Kier molecular flexibility index (Phi) is 19.9.